The zero-order chi connectivity index (χ0) is 27.8. The molecule has 1 aromatic heterocycles. The Morgan fingerprint density at radius 1 is 1.23 bits per heavy atom. The smallest absolute Gasteiger partial charge is 0.301 e. The fourth-order valence-corrected chi connectivity index (χ4v) is 5.98. The topological polar surface area (TPSA) is 106 Å². The molecule has 2 aromatic carbocycles. The number of nitrogens with zero attached hydrogens (tertiary/aromatic N) is 2. The maximum Gasteiger partial charge on any atom is 0.301 e. The van der Waals surface area contributed by atoms with Crippen LogP contribution in [0.15, 0.2) is 48.0 Å². The minimum atomic E-state index is -0.964. The number of ketones is 2. The predicted molar refractivity (Wildman–Crippen MR) is 149 cm³/mol. The van der Waals surface area contributed by atoms with Gasteiger partial charge >= 0.3 is 5.91 Å². The number of hydrogen-bond donors (Lipinski definition) is 1. The van der Waals surface area contributed by atoms with Crippen molar-refractivity contribution in [2.75, 3.05) is 11.5 Å². The summed E-state index contributed by atoms with van der Waals surface area (Å²) in [5.41, 5.74) is 2.36. The first-order valence-corrected chi connectivity index (χ1v) is 13.8. The van der Waals surface area contributed by atoms with E-state index in [1.807, 2.05) is 13.0 Å². The van der Waals surface area contributed by atoms with Crippen molar-refractivity contribution >= 4 is 39.7 Å². The van der Waals surface area contributed by atoms with Gasteiger partial charge in [0.2, 0.25) is 0 Å². The largest absolute Gasteiger partial charge is 0.507 e. The highest BCUT2D eigenvalue weighted by molar-refractivity contribution is 7.18. The van der Waals surface area contributed by atoms with Gasteiger partial charge in [-0.1, -0.05) is 36.8 Å². The molecule has 5 rings (SSSR count). The average molecular weight is 547 g/mol. The number of aliphatic hydroxyl groups excluding tert-OH is 1. The van der Waals surface area contributed by atoms with Gasteiger partial charge in [0.05, 0.1) is 28.8 Å². The summed E-state index contributed by atoms with van der Waals surface area (Å²) in [6.45, 7) is 7.70. The Hall–Kier alpha value is -3.98. The van der Waals surface area contributed by atoms with Gasteiger partial charge in [-0.2, -0.15) is 0 Å². The van der Waals surface area contributed by atoms with E-state index in [2.05, 4.69) is 11.9 Å². The Kier molecular flexibility index (Phi) is 7.27. The lowest BCUT2D eigenvalue weighted by atomic mass is 9.94. The number of unbranched alkanes of at least 4 members (excludes halogenated alkanes) is 1. The summed E-state index contributed by atoms with van der Waals surface area (Å²) in [4.78, 5) is 45.4. The van der Waals surface area contributed by atoms with E-state index in [1.54, 1.807) is 43.3 Å². The summed E-state index contributed by atoms with van der Waals surface area (Å²) in [6, 6.07) is 11.4. The number of fused-ring (bicyclic) bond motifs is 1. The molecule has 1 fully saturated rings. The number of rotatable bonds is 8. The molecule has 1 N–H and O–H groups in total. The van der Waals surface area contributed by atoms with Crippen LogP contribution in [0.2, 0.25) is 0 Å². The molecule has 202 valence electrons. The van der Waals surface area contributed by atoms with E-state index in [0.717, 1.165) is 35.5 Å². The Balaban J connectivity index is 1.66. The fraction of sp³-hybridized carbons (Fsp3) is 0.333. The van der Waals surface area contributed by atoms with E-state index >= 15 is 0 Å². The molecule has 39 heavy (non-hydrogen) atoms. The molecule has 9 heteroatoms. The van der Waals surface area contributed by atoms with E-state index in [-0.39, 0.29) is 28.4 Å². The van der Waals surface area contributed by atoms with Crippen molar-refractivity contribution in [2.45, 2.75) is 59.1 Å². The van der Waals surface area contributed by atoms with Crippen LogP contribution in [-0.2, 0) is 16.0 Å². The molecule has 0 unspecified atom stereocenters. The molecular weight excluding hydrogens is 516 g/mol. The Morgan fingerprint density at radius 2 is 2.03 bits per heavy atom. The number of carbonyl (C=O) groups excluding carboxylic acids is 3. The van der Waals surface area contributed by atoms with Crippen molar-refractivity contribution in [3.63, 3.8) is 0 Å². The number of aliphatic hydroxyl groups is 1. The van der Waals surface area contributed by atoms with Crippen LogP contribution in [0.3, 0.4) is 0 Å². The van der Waals surface area contributed by atoms with Gasteiger partial charge in [-0.3, -0.25) is 19.3 Å². The number of amides is 1. The van der Waals surface area contributed by atoms with Crippen molar-refractivity contribution < 1.29 is 29.0 Å². The summed E-state index contributed by atoms with van der Waals surface area (Å²) in [5.74, 6) is -0.762. The molecule has 2 atom stereocenters. The second-order valence-corrected chi connectivity index (χ2v) is 10.8. The van der Waals surface area contributed by atoms with Gasteiger partial charge in [-0.05, 0) is 61.7 Å². The molecule has 3 heterocycles. The number of Topliss-reactive ketones (excluding diaryl/α,β-unsaturated/α-hetero) is 2. The number of thiazole rings is 1. The second-order valence-electron chi connectivity index (χ2n) is 9.87. The minimum Gasteiger partial charge on any atom is -0.507 e. The molecule has 1 amide bonds. The molecule has 0 radical (unpaired) electrons. The van der Waals surface area contributed by atoms with Crippen molar-refractivity contribution in [2.24, 2.45) is 0 Å². The Morgan fingerprint density at radius 3 is 2.74 bits per heavy atom. The van der Waals surface area contributed by atoms with Crippen LogP contribution in [0.25, 0.3) is 5.76 Å². The van der Waals surface area contributed by atoms with E-state index in [0.29, 0.717) is 40.5 Å². The third-order valence-corrected chi connectivity index (χ3v) is 8.12. The van der Waals surface area contributed by atoms with Crippen molar-refractivity contribution in [1.82, 2.24) is 4.98 Å². The van der Waals surface area contributed by atoms with Gasteiger partial charge in [-0.25, -0.2) is 4.98 Å². The number of aromatic nitrogens is 1. The lowest BCUT2D eigenvalue weighted by molar-refractivity contribution is -0.132. The number of aryl methyl sites for hydroxylation is 1. The van der Waals surface area contributed by atoms with Gasteiger partial charge in [-0.15, -0.1) is 0 Å². The molecule has 8 nitrogen and oxygen atoms in total. The van der Waals surface area contributed by atoms with Crippen LogP contribution >= 0.6 is 11.3 Å². The fourth-order valence-electron chi connectivity index (χ4n) is 4.99. The number of anilines is 1. The monoisotopic (exact) mass is 546 g/mol. The molecular formula is C30H30N2O6S. The quantitative estimate of drug-likeness (QED) is 0.125. The minimum absolute atomic E-state index is 0.0158. The first-order valence-electron chi connectivity index (χ1n) is 13.0. The van der Waals surface area contributed by atoms with Crippen molar-refractivity contribution in [3.8, 4) is 11.5 Å². The van der Waals surface area contributed by atoms with Gasteiger partial charge in [0.1, 0.15) is 23.4 Å². The molecule has 1 saturated heterocycles. The Bertz CT molecular complexity index is 1510. The third-order valence-electron chi connectivity index (χ3n) is 6.87. The molecule has 0 saturated carbocycles. The average Bonchev–Trinajstić information content (AvgIpc) is 3.56. The summed E-state index contributed by atoms with van der Waals surface area (Å²) in [6.07, 6.45) is 2.56. The molecule has 0 aliphatic carbocycles. The standard InChI is InChI=1S/C30H30N2O6S/c1-5-6-12-37-22-9-7-8-19(15-22)25-24(26(34)20-10-11-23-21(14-20)13-16(2)38-23)27(35)29(36)32(25)30-31-17(3)28(39-30)18(4)33/h7-11,14-16,25,34H,5-6,12-13H2,1-4H3/b26-24+/t16-,25+/m0/s1. The third kappa shape index (κ3) is 4.94. The van der Waals surface area contributed by atoms with E-state index in [9.17, 15) is 19.5 Å². The van der Waals surface area contributed by atoms with Crippen LogP contribution in [0.1, 0.15) is 71.7 Å². The summed E-state index contributed by atoms with van der Waals surface area (Å²) < 4.78 is 11.7. The van der Waals surface area contributed by atoms with Crippen molar-refractivity contribution in [1.29, 1.82) is 0 Å². The maximum atomic E-state index is 13.5. The zero-order valence-electron chi connectivity index (χ0n) is 22.3. The molecule has 0 spiro atoms. The first-order chi connectivity index (χ1) is 18.7. The van der Waals surface area contributed by atoms with Gasteiger partial charge in [0.25, 0.3) is 5.78 Å². The molecule has 3 aromatic rings. The molecule has 2 aliphatic rings. The van der Waals surface area contributed by atoms with Gasteiger partial charge in [0.15, 0.2) is 10.9 Å². The normalized spacial score (nSPS) is 19.7. The van der Waals surface area contributed by atoms with Crippen LogP contribution in [0, 0.1) is 6.92 Å². The zero-order valence-corrected chi connectivity index (χ0v) is 23.1. The first kappa shape index (κ1) is 26.6. The van der Waals surface area contributed by atoms with Crippen LogP contribution in [-0.4, -0.2) is 40.3 Å². The van der Waals surface area contributed by atoms with Crippen LogP contribution in [0.4, 0.5) is 5.13 Å². The summed E-state index contributed by atoms with van der Waals surface area (Å²) in [7, 11) is 0. The number of hydrogen-bond acceptors (Lipinski definition) is 8. The van der Waals surface area contributed by atoms with Crippen molar-refractivity contribution in [3.05, 3.63) is 75.3 Å². The lowest BCUT2D eigenvalue weighted by Gasteiger charge is -2.23. The van der Waals surface area contributed by atoms with Gasteiger partial charge < -0.3 is 14.6 Å². The SMILES string of the molecule is CCCCOc1cccc([C@@H]2/C(=C(\O)c3ccc4c(c3)C[C@H](C)O4)C(=O)C(=O)N2c2nc(C)c(C(C)=O)s2)c1. The van der Waals surface area contributed by atoms with E-state index in [4.69, 9.17) is 9.47 Å². The van der Waals surface area contributed by atoms with Crippen LogP contribution < -0.4 is 14.4 Å². The number of carbonyl (C=O) groups is 3. The molecule has 0 bridgehead atoms. The highest BCUT2D eigenvalue weighted by atomic mass is 32.1. The number of ether oxygens (including phenoxy) is 2. The number of benzene rings is 2. The summed E-state index contributed by atoms with van der Waals surface area (Å²) >= 11 is 1.06. The molecule has 2 aliphatic heterocycles. The Labute approximate surface area is 230 Å². The maximum absolute atomic E-state index is 13.5. The predicted octanol–water partition coefficient (Wildman–Crippen LogP) is 5.78. The van der Waals surface area contributed by atoms with Crippen LogP contribution in [0.5, 0.6) is 11.5 Å². The van der Waals surface area contributed by atoms with E-state index in [1.165, 1.54) is 11.8 Å². The highest BCUT2D eigenvalue weighted by Crippen LogP contribution is 2.45. The lowest BCUT2D eigenvalue weighted by Crippen LogP contribution is -2.29. The highest BCUT2D eigenvalue weighted by Gasteiger charge is 2.48. The van der Waals surface area contributed by atoms with E-state index < -0.39 is 17.7 Å². The van der Waals surface area contributed by atoms with Gasteiger partial charge in [0, 0.05) is 18.9 Å². The summed E-state index contributed by atoms with van der Waals surface area (Å²) in [5, 5.41) is 11.7. The second kappa shape index (κ2) is 10.6.